The van der Waals surface area contributed by atoms with Crippen molar-refractivity contribution < 1.29 is 22.6 Å². The van der Waals surface area contributed by atoms with Gasteiger partial charge in [0.05, 0.1) is 5.56 Å². The van der Waals surface area contributed by atoms with Gasteiger partial charge in [-0.3, -0.25) is 0 Å². The molecule has 3 rings (SSSR count). The van der Waals surface area contributed by atoms with E-state index in [4.69, 9.17) is 21.1 Å². The van der Waals surface area contributed by atoms with Crippen molar-refractivity contribution in [2.45, 2.75) is 38.1 Å². The summed E-state index contributed by atoms with van der Waals surface area (Å²) in [4.78, 5) is 0. The fourth-order valence-electron chi connectivity index (χ4n) is 3.00. The van der Waals surface area contributed by atoms with Gasteiger partial charge >= 0.3 is 6.18 Å². The molecule has 1 fully saturated rings. The van der Waals surface area contributed by atoms with Gasteiger partial charge in [0.25, 0.3) is 0 Å². The lowest BCUT2D eigenvalue weighted by molar-refractivity contribution is -0.137. The summed E-state index contributed by atoms with van der Waals surface area (Å²) in [6.07, 6.45) is -3.04. The first kappa shape index (κ1) is 19.8. The molecule has 3 nitrogen and oxygen atoms in total. The Bertz CT molecular complexity index is 776. The van der Waals surface area contributed by atoms with E-state index in [1.165, 1.54) is 6.07 Å². The van der Waals surface area contributed by atoms with Crippen LogP contribution in [0.15, 0.2) is 42.5 Å². The molecular formula is C20H21ClF3NO2. The molecule has 0 aliphatic carbocycles. The normalized spacial score (nSPS) is 18.8. The summed E-state index contributed by atoms with van der Waals surface area (Å²) in [5, 5.41) is 3.78. The molecule has 7 heteroatoms. The summed E-state index contributed by atoms with van der Waals surface area (Å²) >= 11 is 6.08. The second kappa shape index (κ2) is 8.40. The summed E-state index contributed by atoms with van der Waals surface area (Å²) in [5.41, 5.74) is -0.263. The van der Waals surface area contributed by atoms with Gasteiger partial charge in [0, 0.05) is 17.6 Å². The number of hydrogen-bond acceptors (Lipinski definition) is 3. The van der Waals surface area contributed by atoms with Crippen molar-refractivity contribution in [3.63, 3.8) is 0 Å². The Morgan fingerprint density at radius 2 is 1.96 bits per heavy atom. The first-order valence-electron chi connectivity index (χ1n) is 8.83. The molecule has 27 heavy (non-hydrogen) atoms. The van der Waals surface area contributed by atoms with E-state index in [1.807, 2.05) is 0 Å². The minimum absolute atomic E-state index is 0.00318. The van der Waals surface area contributed by atoms with Crippen molar-refractivity contribution in [1.29, 1.82) is 0 Å². The molecule has 2 aromatic carbocycles. The number of hydrogen-bond donors (Lipinski definition) is 1. The van der Waals surface area contributed by atoms with E-state index in [-0.39, 0.29) is 6.10 Å². The summed E-state index contributed by atoms with van der Waals surface area (Å²) in [6.45, 7) is 3.40. The van der Waals surface area contributed by atoms with Gasteiger partial charge in [-0.15, -0.1) is 0 Å². The highest BCUT2D eigenvalue weighted by molar-refractivity contribution is 6.30. The van der Waals surface area contributed by atoms with E-state index in [0.29, 0.717) is 22.1 Å². The van der Waals surface area contributed by atoms with E-state index >= 15 is 0 Å². The van der Waals surface area contributed by atoms with E-state index in [2.05, 4.69) is 5.32 Å². The Morgan fingerprint density at radius 1 is 1.15 bits per heavy atom. The van der Waals surface area contributed by atoms with E-state index < -0.39 is 17.8 Å². The molecule has 0 bridgehead atoms. The minimum Gasteiger partial charge on any atom is -0.485 e. The molecule has 1 aliphatic heterocycles. The molecule has 146 valence electrons. The van der Waals surface area contributed by atoms with Gasteiger partial charge in [-0.25, -0.2) is 0 Å². The van der Waals surface area contributed by atoms with Gasteiger partial charge in [0.2, 0.25) is 0 Å². The smallest absolute Gasteiger partial charge is 0.416 e. The third-order valence-corrected chi connectivity index (χ3v) is 4.67. The molecule has 1 N–H and O–H groups in total. The van der Waals surface area contributed by atoms with Crippen LogP contribution in [0.1, 0.15) is 37.0 Å². The average Bonchev–Trinajstić information content (AvgIpc) is 2.64. The van der Waals surface area contributed by atoms with Crippen LogP contribution in [0.2, 0.25) is 5.02 Å². The maximum absolute atomic E-state index is 12.9. The van der Waals surface area contributed by atoms with Gasteiger partial charge in [0.1, 0.15) is 12.2 Å². The molecule has 1 aliphatic rings. The number of rotatable bonds is 5. The van der Waals surface area contributed by atoms with E-state index in [9.17, 15) is 13.2 Å². The predicted octanol–water partition coefficient (Wildman–Crippen LogP) is 5.63. The summed E-state index contributed by atoms with van der Waals surface area (Å²) in [5.74, 6) is 0.949. The van der Waals surface area contributed by atoms with Gasteiger partial charge in [-0.1, -0.05) is 23.7 Å². The third-order valence-electron chi connectivity index (χ3n) is 4.44. The number of alkyl halides is 3. The van der Waals surface area contributed by atoms with Crippen LogP contribution in [-0.2, 0) is 6.18 Å². The molecule has 0 radical (unpaired) electrons. The van der Waals surface area contributed by atoms with Crippen LogP contribution in [0, 0.1) is 0 Å². The first-order valence-corrected chi connectivity index (χ1v) is 9.21. The summed E-state index contributed by atoms with van der Waals surface area (Å²) < 4.78 is 50.8. The molecule has 0 aromatic heterocycles. The molecule has 0 amide bonds. The number of ether oxygens (including phenoxy) is 2. The van der Waals surface area contributed by atoms with Crippen LogP contribution in [-0.4, -0.2) is 19.2 Å². The summed E-state index contributed by atoms with van der Waals surface area (Å²) in [6, 6.07) is 10.2. The van der Waals surface area contributed by atoms with E-state index in [0.717, 1.165) is 38.1 Å². The lowest BCUT2D eigenvalue weighted by Gasteiger charge is -2.26. The molecule has 2 atom stereocenters. The zero-order valence-electron chi connectivity index (χ0n) is 14.9. The van der Waals surface area contributed by atoms with Crippen molar-refractivity contribution in [2.75, 3.05) is 13.1 Å². The molecule has 2 aromatic rings. The van der Waals surface area contributed by atoms with E-state index in [1.54, 1.807) is 31.2 Å². The van der Waals surface area contributed by atoms with Crippen LogP contribution in [0.25, 0.3) is 0 Å². The van der Waals surface area contributed by atoms with Crippen LogP contribution in [0.5, 0.6) is 11.5 Å². The molecule has 1 unspecified atom stereocenters. The highest BCUT2D eigenvalue weighted by Gasteiger charge is 2.31. The third kappa shape index (κ3) is 5.30. The minimum atomic E-state index is -4.39. The predicted molar refractivity (Wildman–Crippen MR) is 98.5 cm³/mol. The van der Waals surface area contributed by atoms with Crippen LogP contribution in [0.4, 0.5) is 13.2 Å². The Hall–Kier alpha value is -1.92. The monoisotopic (exact) mass is 399 g/mol. The van der Waals surface area contributed by atoms with Gasteiger partial charge in [-0.2, -0.15) is 13.2 Å². The lowest BCUT2D eigenvalue weighted by Crippen LogP contribution is -2.37. The standard InChI is InChI=1S/C20H21ClF3NO2/c1-13(14-4-2-5-15(10-14)20(22,23)24)26-18-8-7-16(21)11-19(18)27-17-6-3-9-25-12-17/h2,4-5,7-8,10-11,13,17,25H,3,6,9,12H2,1H3/t13?,17-/m0/s1. The quantitative estimate of drug-likeness (QED) is 0.706. The van der Waals surface area contributed by atoms with Crippen LogP contribution >= 0.6 is 11.6 Å². The van der Waals surface area contributed by atoms with Crippen molar-refractivity contribution in [1.82, 2.24) is 5.32 Å². The van der Waals surface area contributed by atoms with Crippen LogP contribution in [0.3, 0.4) is 0 Å². The number of piperidine rings is 1. The molecular weight excluding hydrogens is 379 g/mol. The largest absolute Gasteiger partial charge is 0.485 e. The Labute approximate surface area is 161 Å². The number of benzene rings is 2. The van der Waals surface area contributed by atoms with Crippen molar-refractivity contribution in [3.05, 3.63) is 58.6 Å². The first-order chi connectivity index (χ1) is 12.8. The zero-order chi connectivity index (χ0) is 19.4. The maximum atomic E-state index is 12.9. The Kier molecular flexibility index (Phi) is 6.17. The van der Waals surface area contributed by atoms with Crippen molar-refractivity contribution >= 4 is 11.6 Å². The molecule has 1 saturated heterocycles. The number of nitrogens with one attached hydrogen (secondary N) is 1. The maximum Gasteiger partial charge on any atom is 0.416 e. The Balaban J connectivity index is 1.78. The molecule has 0 saturated carbocycles. The lowest BCUT2D eigenvalue weighted by atomic mass is 10.1. The van der Waals surface area contributed by atoms with Crippen molar-refractivity contribution in [3.8, 4) is 11.5 Å². The van der Waals surface area contributed by atoms with Gasteiger partial charge in [-0.05, 0) is 56.1 Å². The second-order valence-corrected chi connectivity index (χ2v) is 7.00. The molecule has 0 spiro atoms. The summed E-state index contributed by atoms with van der Waals surface area (Å²) in [7, 11) is 0. The second-order valence-electron chi connectivity index (χ2n) is 6.56. The Morgan fingerprint density at radius 3 is 2.67 bits per heavy atom. The SMILES string of the molecule is CC(Oc1ccc(Cl)cc1O[C@H]1CCCNC1)c1cccc(C(F)(F)F)c1. The molecule has 1 heterocycles. The van der Waals surface area contributed by atoms with Gasteiger partial charge in [0.15, 0.2) is 11.5 Å². The fraction of sp³-hybridized carbons (Fsp3) is 0.400. The fourth-order valence-corrected chi connectivity index (χ4v) is 3.16. The average molecular weight is 400 g/mol. The van der Waals surface area contributed by atoms with Crippen molar-refractivity contribution in [2.24, 2.45) is 0 Å². The van der Waals surface area contributed by atoms with Crippen LogP contribution < -0.4 is 14.8 Å². The highest BCUT2D eigenvalue weighted by Crippen LogP contribution is 2.36. The number of halogens is 4. The topological polar surface area (TPSA) is 30.5 Å². The highest BCUT2D eigenvalue weighted by atomic mass is 35.5. The zero-order valence-corrected chi connectivity index (χ0v) is 15.6. The van der Waals surface area contributed by atoms with Gasteiger partial charge < -0.3 is 14.8 Å².